The number of hydrogen-bond donors (Lipinski definition) is 2. The number of carbonyl (C=O) groups excluding carboxylic acids is 1. The van der Waals surface area contributed by atoms with Gasteiger partial charge < -0.3 is 15.3 Å². The van der Waals surface area contributed by atoms with E-state index in [-0.39, 0.29) is 11.9 Å². The lowest BCUT2D eigenvalue weighted by Crippen LogP contribution is -2.48. The van der Waals surface area contributed by atoms with Crippen LogP contribution in [0.4, 0.5) is 0 Å². The second-order valence-electron chi connectivity index (χ2n) is 8.89. The summed E-state index contributed by atoms with van der Waals surface area (Å²) in [6.07, 6.45) is 7.56. The molecule has 2 fully saturated rings. The Morgan fingerprint density at radius 2 is 1.93 bits per heavy atom. The van der Waals surface area contributed by atoms with E-state index in [2.05, 4.69) is 31.1 Å². The number of benzene rings is 1. The van der Waals surface area contributed by atoms with Gasteiger partial charge in [0.2, 0.25) is 5.91 Å². The van der Waals surface area contributed by atoms with Gasteiger partial charge in [0.05, 0.1) is 11.5 Å². The van der Waals surface area contributed by atoms with Gasteiger partial charge in [-0.2, -0.15) is 0 Å². The highest BCUT2D eigenvalue weighted by atomic mass is 35.5. The molecular weight excluding hydrogens is 372 g/mol. The van der Waals surface area contributed by atoms with Crippen molar-refractivity contribution < 1.29 is 9.90 Å². The Morgan fingerprint density at radius 3 is 2.46 bits per heavy atom. The van der Waals surface area contributed by atoms with E-state index in [0.717, 1.165) is 31.2 Å². The number of aliphatic hydroxyl groups is 1. The van der Waals surface area contributed by atoms with Crippen molar-refractivity contribution in [2.24, 2.45) is 0 Å². The summed E-state index contributed by atoms with van der Waals surface area (Å²) in [4.78, 5) is 15.8. The van der Waals surface area contributed by atoms with E-state index in [4.69, 9.17) is 11.6 Å². The fraction of sp³-hybridized carbons (Fsp3) is 0.696. The Morgan fingerprint density at radius 1 is 1.29 bits per heavy atom. The van der Waals surface area contributed by atoms with E-state index in [0.29, 0.717) is 29.9 Å². The summed E-state index contributed by atoms with van der Waals surface area (Å²) >= 11 is 6.05. The van der Waals surface area contributed by atoms with Crippen LogP contribution in [-0.4, -0.2) is 46.7 Å². The van der Waals surface area contributed by atoms with E-state index in [1.165, 1.54) is 12.8 Å². The summed E-state index contributed by atoms with van der Waals surface area (Å²) in [5, 5.41) is 15.2. The van der Waals surface area contributed by atoms with Crippen LogP contribution in [0.15, 0.2) is 24.3 Å². The number of nitrogens with zero attached hydrogens (tertiary/aromatic N) is 1. The third-order valence-electron chi connectivity index (χ3n) is 7.06. The molecule has 1 aliphatic heterocycles. The van der Waals surface area contributed by atoms with Crippen molar-refractivity contribution in [1.82, 2.24) is 10.2 Å². The number of amides is 1. The van der Waals surface area contributed by atoms with Gasteiger partial charge in [-0.05, 0) is 70.2 Å². The maximum Gasteiger partial charge on any atom is 0.230 e. The molecule has 1 heterocycles. The van der Waals surface area contributed by atoms with Crippen molar-refractivity contribution in [2.45, 2.75) is 94.9 Å². The van der Waals surface area contributed by atoms with Gasteiger partial charge in [-0.25, -0.2) is 0 Å². The van der Waals surface area contributed by atoms with Crippen LogP contribution in [0.25, 0.3) is 0 Å². The van der Waals surface area contributed by atoms with Gasteiger partial charge in [-0.1, -0.05) is 43.5 Å². The van der Waals surface area contributed by atoms with Gasteiger partial charge >= 0.3 is 0 Å². The van der Waals surface area contributed by atoms with E-state index in [9.17, 15) is 9.90 Å². The molecule has 0 aromatic heterocycles. The minimum atomic E-state index is -0.963. The first-order valence-electron chi connectivity index (χ1n) is 10.8. The van der Waals surface area contributed by atoms with Crippen LogP contribution in [0, 0.1) is 0 Å². The number of nitrogens with one attached hydrogen (secondary N) is 1. The normalized spacial score (nSPS) is 26.9. The third kappa shape index (κ3) is 4.72. The van der Waals surface area contributed by atoms with Gasteiger partial charge in [0.25, 0.3) is 0 Å². The summed E-state index contributed by atoms with van der Waals surface area (Å²) in [5.41, 5.74) is -0.109. The molecule has 4 nitrogen and oxygen atoms in total. The topological polar surface area (TPSA) is 52.6 Å². The predicted molar refractivity (Wildman–Crippen MR) is 115 cm³/mol. The molecule has 0 radical (unpaired) electrons. The lowest BCUT2D eigenvalue weighted by Gasteiger charge is -2.34. The van der Waals surface area contributed by atoms with Crippen molar-refractivity contribution in [1.29, 1.82) is 0 Å². The smallest absolute Gasteiger partial charge is 0.230 e. The van der Waals surface area contributed by atoms with E-state index in [1.807, 2.05) is 24.3 Å². The van der Waals surface area contributed by atoms with Gasteiger partial charge in [0.1, 0.15) is 0 Å². The van der Waals surface area contributed by atoms with E-state index < -0.39 is 11.5 Å². The zero-order valence-electron chi connectivity index (χ0n) is 17.5. The van der Waals surface area contributed by atoms with Crippen molar-refractivity contribution >= 4 is 17.5 Å². The largest absolute Gasteiger partial charge is 0.389 e. The third-order valence-corrected chi connectivity index (χ3v) is 7.31. The molecule has 1 aromatic carbocycles. The Balaban J connectivity index is 1.75. The lowest BCUT2D eigenvalue weighted by atomic mass is 9.79. The molecule has 2 aliphatic rings. The molecule has 156 valence electrons. The van der Waals surface area contributed by atoms with Crippen LogP contribution < -0.4 is 5.32 Å². The number of carbonyl (C=O) groups is 1. The number of rotatable bonds is 7. The first-order chi connectivity index (χ1) is 13.3. The second kappa shape index (κ2) is 9.15. The molecule has 5 heteroatoms. The number of halogens is 1. The van der Waals surface area contributed by atoms with Crippen molar-refractivity contribution in [3.8, 4) is 0 Å². The molecule has 4 atom stereocenters. The van der Waals surface area contributed by atoms with Crippen LogP contribution in [0.5, 0.6) is 0 Å². The fourth-order valence-electron chi connectivity index (χ4n) is 5.06. The summed E-state index contributed by atoms with van der Waals surface area (Å²) in [5.74, 6) is -0.589. The van der Waals surface area contributed by atoms with Gasteiger partial charge in [0, 0.05) is 23.1 Å². The minimum Gasteiger partial charge on any atom is -0.389 e. The molecule has 1 amide bonds. The molecule has 1 saturated carbocycles. The molecule has 3 rings (SSSR count). The molecule has 1 aliphatic carbocycles. The van der Waals surface area contributed by atoms with Crippen LogP contribution in [0.1, 0.15) is 76.7 Å². The van der Waals surface area contributed by atoms with E-state index >= 15 is 0 Å². The van der Waals surface area contributed by atoms with E-state index in [1.54, 1.807) is 0 Å². The first kappa shape index (κ1) is 21.6. The lowest BCUT2D eigenvalue weighted by molar-refractivity contribution is -0.129. The van der Waals surface area contributed by atoms with Crippen LogP contribution in [0.3, 0.4) is 0 Å². The highest BCUT2D eigenvalue weighted by molar-refractivity contribution is 6.30. The Labute approximate surface area is 174 Å². The quantitative estimate of drug-likeness (QED) is 0.701. The number of likely N-dealkylation sites (tertiary alicyclic amines) is 1. The maximum absolute atomic E-state index is 13.4. The molecule has 0 bridgehead atoms. The molecule has 4 unspecified atom stereocenters. The Bertz CT molecular complexity index is 657. The van der Waals surface area contributed by atoms with Gasteiger partial charge in [-0.15, -0.1) is 0 Å². The second-order valence-corrected chi connectivity index (χ2v) is 9.33. The minimum absolute atomic E-state index is 0.0488. The SMILES string of the molecule is CCC(CC1CCC(C)N1C)NC(=O)C(c1ccc(Cl)cc1)C1(O)CCCC1. The van der Waals surface area contributed by atoms with Crippen LogP contribution >= 0.6 is 11.6 Å². The highest BCUT2D eigenvalue weighted by Crippen LogP contribution is 2.42. The highest BCUT2D eigenvalue weighted by Gasteiger charge is 2.44. The average Bonchev–Trinajstić information content (AvgIpc) is 3.24. The summed E-state index contributed by atoms with van der Waals surface area (Å²) in [7, 11) is 2.19. The Kier molecular flexibility index (Phi) is 7.06. The zero-order valence-corrected chi connectivity index (χ0v) is 18.2. The summed E-state index contributed by atoms with van der Waals surface area (Å²) < 4.78 is 0. The maximum atomic E-state index is 13.4. The standard InChI is InChI=1S/C23H35ClN2O2/c1-4-19(15-20-12-7-16(2)26(20)3)25-22(27)21(23(28)13-5-6-14-23)17-8-10-18(24)11-9-17/h8-11,16,19-21,28H,4-7,12-15H2,1-3H3,(H,25,27). The van der Waals surface area contributed by atoms with Gasteiger partial charge in [0.15, 0.2) is 0 Å². The number of hydrogen-bond acceptors (Lipinski definition) is 3. The molecule has 0 spiro atoms. The predicted octanol–water partition coefficient (Wildman–Crippen LogP) is 4.50. The molecule has 28 heavy (non-hydrogen) atoms. The molecular formula is C23H35ClN2O2. The van der Waals surface area contributed by atoms with Crippen molar-refractivity contribution in [3.05, 3.63) is 34.9 Å². The monoisotopic (exact) mass is 406 g/mol. The fourth-order valence-corrected chi connectivity index (χ4v) is 5.19. The summed E-state index contributed by atoms with van der Waals surface area (Å²) in [6.45, 7) is 4.40. The van der Waals surface area contributed by atoms with Crippen molar-refractivity contribution in [3.63, 3.8) is 0 Å². The van der Waals surface area contributed by atoms with Crippen LogP contribution in [-0.2, 0) is 4.79 Å². The van der Waals surface area contributed by atoms with Gasteiger partial charge in [-0.3, -0.25) is 4.79 Å². The van der Waals surface area contributed by atoms with Crippen molar-refractivity contribution in [2.75, 3.05) is 7.05 Å². The molecule has 1 aromatic rings. The van der Waals surface area contributed by atoms with Crippen LogP contribution in [0.2, 0.25) is 5.02 Å². The zero-order chi connectivity index (χ0) is 20.3. The molecule has 2 N–H and O–H groups in total. The average molecular weight is 407 g/mol. The summed E-state index contributed by atoms with van der Waals surface area (Å²) in [6, 6.07) is 8.64. The first-order valence-corrected chi connectivity index (χ1v) is 11.2. The Hall–Kier alpha value is -1.10. The molecule has 1 saturated heterocycles.